The van der Waals surface area contributed by atoms with Gasteiger partial charge in [-0.1, -0.05) is 20.8 Å². The van der Waals surface area contributed by atoms with Gasteiger partial charge in [-0.2, -0.15) is 0 Å². The van der Waals surface area contributed by atoms with E-state index in [1.807, 2.05) is 7.05 Å². The number of hydrogen-bond acceptors (Lipinski definition) is 4. The summed E-state index contributed by atoms with van der Waals surface area (Å²) in [6.07, 6.45) is 1.18. The highest BCUT2D eigenvalue weighted by Gasteiger charge is 2.25. The summed E-state index contributed by atoms with van der Waals surface area (Å²) >= 11 is 0. The quantitative estimate of drug-likeness (QED) is 0.866. The monoisotopic (exact) mass is 284 g/mol. The average Bonchev–Trinajstić information content (AvgIpc) is 2.24. The maximum atomic E-state index is 11.5. The lowest BCUT2D eigenvalue weighted by Crippen LogP contribution is -2.39. The SMILES string of the molecule is CC(N(C)c1ccc(S(C)(=O)=O)cc1N)C(C)(C)C. The van der Waals surface area contributed by atoms with Gasteiger partial charge in [-0.05, 0) is 30.5 Å². The van der Waals surface area contributed by atoms with E-state index in [1.54, 1.807) is 12.1 Å². The van der Waals surface area contributed by atoms with Crippen molar-refractivity contribution in [3.05, 3.63) is 18.2 Å². The van der Waals surface area contributed by atoms with Crippen LogP contribution in [0.2, 0.25) is 0 Å². The van der Waals surface area contributed by atoms with Crippen LogP contribution in [0.5, 0.6) is 0 Å². The van der Waals surface area contributed by atoms with E-state index in [-0.39, 0.29) is 16.4 Å². The van der Waals surface area contributed by atoms with Crippen molar-refractivity contribution in [1.82, 2.24) is 0 Å². The van der Waals surface area contributed by atoms with E-state index in [2.05, 4.69) is 32.6 Å². The highest BCUT2D eigenvalue weighted by molar-refractivity contribution is 7.90. The fourth-order valence-electron chi connectivity index (χ4n) is 1.87. The number of nitrogens with zero attached hydrogens (tertiary/aromatic N) is 1. The highest BCUT2D eigenvalue weighted by Crippen LogP contribution is 2.31. The predicted molar refractivity (Wildman–Crippen MR) is 81.3 cm³/mol. The molecule has 1 aromatic carbocycles. The lowest BCUT2D eigenvalue weighted by molar-refractivity contribution is 0.330. The number of sulfone groups is 1. The van der Waals surface area contributed by atoms with Gasteiger partial charge in [0.25, 0.3) is 0 Å². The van der Waals surface area contributed by atoms with Gasteiger partial charge < -0.3 is 10.6 Å². The van der Waals surface area contributed by atoms with Crippen molar-refractivity contribution in [3.8, 4) is 0 Å². The normalized spacial score (nSPS) is 14.2. The van der Waals surface area contributed by atoms with E-state index in [0.717, 1.165) is 5.69 Å². The average molecular weight is 284 g/mol. The lowest BCUT2D eigenvalue weighted by atomic mass is 9.87. The smallest absolute Gasteiger partial charge is 0.175 e. The van der Waals surface area contributed by atoms with E-state index < -0.39 is 9.84 Å². The number of rotatable bonds is 3. The molecule has 4 nitrogen and oxygen atoms in total. The van der Waals surface area contributed by atoms with Gasteiger partial charge in [0, 0.05) is 19.3 Å². The molecule has 0 saturated heterocycles. The summed E-state index contributed by atoms with van der Waals surface area (Å²) in [5.41, 5.74) is 7.45. The van der Waals surface area contributed by atoms with Crippen LogP contribution in [0.3, 0.4) is 0 Å². The number of anilines is 2. The second kappa shape index (κ2) is 5.04. The van der Waals surface area contributed by atoms with Gasteiger partial charge in [0.15, 0.2) is 9.84 Å². The Labute approximate surface area is 116 Å². The molecule has 2 N–H and O–H groups in total. The maximum absolute atomic E-state index is 11.5. The van der Waals surface area contributed by atoms with Crippen molar-refractivity contribution in [2.75, 3.05) is 23.9 Å². The maximum Gasteiger partial charge on any atom is 0.175 e. The molecule has 5 heteroatoms. The van der Waals surface area contributed by atoms with Crippen LogP contribution in [0, 0.1) is 5.41 Å². The Morgan fingerprint density at radius 1 is 1.26 bits per heavy atom. The molecular formula is C14H24N2O2S. The third-order valence-electron chi connectivity index (χ3n) is 3.64. The largest absolute Gasteiger partial charge is 0.397 e. The Balaban J connectivity index is 3.17. The Kier molecular flexibility index (Phi) is 4.20. The van der Waals surface area contributed by atoms with Crippen molar-refractivity contribution < 1.29 is 8.42 Å². The summed E-state index contributed by atoms with van der Waals surface area (Å²) in [5.74, 6) is 0. The van der Waals surface area contributed by atoms with Crippen LogP contribution in [0.4, 0.5) is 11.4 Å². The Hall–Kier alpha value is -1.23. The van der Waals surface area contributed by atoms with E-state index in [1.165, 1.54) is 12.3 Å². The van der Waals surface area contributed by atoms with Crippen LogP contribution >= 0.6 is 0 Å². The molecule has 0 heterocycles. The van der Waals surface area contributed by atoms with Crippen LogP contribution in [-0.2, 0) is 9.84 Å². The van der Waals surface area contributed by atoms with Gasteiger partial charge in [0.1, 0.15) is 0 Å². The molecule has 1 unspecified atom stereocenters. The summed E-state index contributed by atoms with van der Waals surface area (Å²) in [7, 11) is -1.24. The predicted octanol–water partition coefficient (Wildman–Crippen LogP) is 2.54. The molecule has 1 atom stereocenters. The van der Waals surface area contributed by atoms with Crippen LogP contribution in [0.15, 0.2) is 23.1 Å². The van der Waals surface area contributed by atoms with Gasteiger partial charge in [0.2, 0.25) is 0 Å². The molecule has 1 rings (SSSR count). The molecule has 0 amide bonds. The zero-order valence-corrected chi connectivity index (χ0v) is 13.4. The third-order valence-corrected chi connectivity index (χ3v) is 4.75. The fraction of sp³-hybridized carbons (Fsp3) is 0.571. The topological polar surface area (TPSA) is 63.4 Å². The standard InChI is InChI=1S/C14H24N2O2S/c1-10(14(2,3)4)16(5)13-8-7-11(9-12(13)15)19(6,17)18/h7-10H,15H2,1-6H3. The molecular weight excluding hydrogens is 260 g/mol. The molecule has 0 fully saturated rings. The second-order valence-corrected chi connectivity index (χ2v) is 8.16. The van der Waals surface area contributed by atoms with Crippen LogP contribution < -0.4 is 10.6 Å². The number of benzene rings is 1. The van der Waals surface area contributed by atoms with E-state index in [4.69, 9.17) is 5.73 Å². The Bertz CT molecular complexity index is 559. The zero-order valence-electron chi connectivity index (χ0n) is 12.6. The zero-order chi connectivity index (χ0) is 15.0. The minimum atomic E-state index is -3.21. The lowest BCUT2D eigenvalue weighted by Gasteiger charge is -2.37. The molecule has 108 valence electrons. The number of hydrogen-bond donors (Lipinski definition) is 1. The summed E-state index contributed by atoms with van der Waals surface area (Å²) in [6, 6.07) is 5.18. The first-order chi connectivity index (χ1) is 8.44. The summed E-state index contributed by atoms with van der Waals surface area (Å²) in [5, 5.41) is 0. The Morgan fingerprint density at radius 3 is 2.16 bits per heavy atom. The van der Waals surface area contributed by atoms with Gasteiger partial charge in [0.05, 0.1) is 16.3 Å². The van der Waals surface area contributed by atoms with Gasteiger partial charge in [-0.25, -0.2) is 8.42 Å². The second-order valence-electron chi connectivity index (χ2n) is 6.15. The molecule has 0 saturated carbocycles. The van der Waals surface area contributed by atoms with Crippen molar-refractivity contribution in [3.63, 3.8) is 0 Å². The molecule has 0 spiro atoms. The Morgan fingerprint density at radius 2 is 1.79 bits per heavy atom. The molecule has 19 heavy (non-hydrogen) atoms. The van der Waals surface area contributed by atoms with Crippen LogP contribution in [0.25, 0.3) is 0 Å². The number of nitrogens with two attached hydrogens (primary N) is 1. The van der Waals surface area contributed by atoms with Gasteiger partial charge in [-0.3, -0.25) is 0 Å². The highest BCUT2D eigenvalue weighted by atomic mass is 32.2. The first kappa shape index (κ1) is 15.8. The summed E-state index contributed by atoms with van der Waals surface area (Å²) in [4.78, 5) is 2.34. The molecule has 0 bridgehead atoms. The van der Waals surface area contributed by atoms with Gasteiger partial charge in [-0.15, -0.1) is 0 Å². The molecule has 1 aromatic rings. The van der Waals surface area contributed by atoms with Gasteiger partial charge >= 0.3 is 0 Å². The summed E-state index contributed by atoms with van der Waals surface area (Å²) in [6.45, 7) is 8.61. The summed E-state index contributed by atoms with van der Waals surface area (Å²) < 4.78 is 23.0. The molecule has 0 radical (unpaired) electrons. The first-order valence-electron chi connectivity index (χ1n) is 6.27. The molecule has 0 aromatic heterocycles. The molecule has 0 aliphatic carbocycles. The van der Waals surface area contributed by atoms with Crippen LogP contribution in [-0.4, -0.2) is 27.8 Å². The minimum Gasteiger partial charge on any atom is -0.397 e. The van der Waals surface area contributed by atoms with Crippen molar-refractivity contribution in [1.29, 1.82) is 0 Å². The third kappa shape index (κ3) is 3.62. The van der Waals surface area contributed by atoms with E-state index in [0.29, 0.717) is 5.69 Å². The van der Waals surface area contributed by atoms with Crippen molar-refractivity contribution >= 4 is 21.2 Å². The van der Waals surface area contributed by atoms with E-state index in [9.17, 15) is 8.42 Å². The van der Waals surface area contributed by atoms with Crippen LogP contribution in [0.1, 0.15) is 27.7 Å². The number of nitrogen functional groups attached to an aromatic ring is 1. The van der Waals surface area contributed by atoms with E-state index >= 15 is 0 Å². The molecule has 0 aliphatic rings. The molecule has 0 aliphatic heterocycles. The first-order valence-corrected chi connectivity index (χ1v) is 8.16. The minimum absolute atomic E-state index is 0.108. The van der Waals surface area contributed by atoms with Crippen molar-refractivity contribution in [2.24, 2.45) is 5.41 Å². The van der Waals surface area contributed by atoms with Crippen molar-refractivity contribution in [2.45, 2.75) is 38.6 Å². The fourth-order valence-corrected chi connectivity index (χ4v) is 2.53.